The van der Waals surface area contributed by atoms with Gasteiger partial charge in [-0.3, -0.25) is 0 Å². The summed E-state index contributed by atoms with van der Waals surface area (Å²) in [4.78, 5) is 4.24. The van der Waals surface area contributed by atoms with E-state index in [4.69, 9.17) is 0 Å². The number of nitrogens with zero attached hydrogens (tertiary/aromatic N) is 2. The molecule has 0 aliphatic carbocycles. The highest BCUT2D eigenvalue weighted by atomic mass is 19.1. The smallest absolute Gasteiger partial charge is 0.137 e. The van der Waals surface area contributed by atoms with Crippen LogP contribution in [0.3, 0.4) is 0 Å². The van der Waals surface area contributed by atoms with Gasteiger partial charge in [0.05, 0.1) is 5.69 Å². The molecule has 0 atom stereocenters. The van der Waals surface area contributed by atoms with E-state index in [2.05, 4.69) is 4.98 Å². The summed E-state index contributed by atoms with van der Waals surface area (Å²) in [6.45, 7) is 0. The molecule has 0 N–H and O–H groups in total. The van der Waals surface area contributed by atoms with Crippen molar-refractivity contribution in [3.05, 3.63) is 60.4 Å². The second kappa shape index (κ2) is 3.66. The largest absolute Gasteiger partial charge is 0.306 e. The molecule has 0 saturated carbocycles. The number of hydrogen-bond donors (Lipinski definition) is 0. The van der Waals surface area contributed by atoms with Gasteiger partial charge in [0.2, 0.25) is 0 Å². The van der Waals surface area contributed by atoms with Crippen molar-refractivity contribution in [3.63, 3.8) is 0 Å². The predicted octanol–water partition coefficient (Wildman–Crippen LogP) is 3.28. The fourth-order valence-electron chi connectivity index (χ4n) is 1.76. The Kier molecular flexibility index (Phi) is 2.14. The Hall–Kier alpha value is -2.23. The maximum Gasteiger partial charge on any atom is 0.137 e. The first-order chi connectivity index (χ1) is 8.24. The van der Waals surface area contributed by atoms with Crippen molar-refractivity contribution in [2.45, 2.75) is 0 Å². The lowest BCUT2D eigenvalue weighted by atomic mass is 10.1. The van der Waals surface area contributed by atoms with Crippen molar-refractivity contribution in [2.24, 2.45) is 0 Å². The quantitative estimate of drug-likeness (QED) is 0.627. The Morgan fingerprint density at radius 2 is 1.94 bits per heavy atom. The highest BCUT2D eigenvalue weighted by molar-refractivity contribution is 5.63. The molecule has 3 rings (SSSR count). The molecule has 0 aliphatic heterocycles. The van der Waals surface area contributed by atoms with Crippen LogP contribution in [0.2, 0.25) is 0 Å². The van der Waals surface area contributed by atoms with Gasteiger partial charge in [0.1, 0.15) is 17.3 Å². The van der Waals surface area contributed by atoms with Gasteiger partial charge < -0.3 is 4.40 Å². The zero-order chi connectivity index (χ0) is 11.8. The van der Waals surface area contributed by atoms with E-state index < -0.39 is 11.6 Å². The summed E-state index contributed by atoms with van der Waals surface area (Å²) >= 11 is 0. The van der Waals surface area contributed by atoms with Crippen molar-refractivity contribution >= 4 is 5.65 Å². The lowest BCUT2D eigenvalue weighted by molar-refractivity contribution is 0.603. The number of rotatable bonds is 1. The number of benzene rings is 1. The molecular formula is C13H8F2N2. The van der Waals surface area contributed by atoms with Crippen molar-refractivity contribution < 1.29 is 8.78 Å². The van der Waals surface area contributed by atoms with Gasteiger partial charge in [0.15, 0.2) is 0 Å². The number of pyridine rings is 1. The van der Waals surface area contributed by atoms with E-state index in [-0.39, 0.29) is 5.56 Å². The number of fused-ring (bicyclic) bond motifs is 1. The van der Waals surface area contributed by atoms with Crippen LogP contribution >= 0.6 is 0 Å². The van der Waals surface area contributed by atoms with Crippen molar-refractivity contribution in [3.8, 4) is 11.3 Å². The minimum Gasteiger partial charge on any atom is -0.306 e. The van der Waals surface area contributed by atoms with Crippen LogP contribution in [0, 0.1) is 11.6 Å². The molecule has 84 valence electrons. The van der Waals surface area contributed by atoms with Crippen molar-refractivity contribution in [2.75, 3.05) is 0 Å². The Labute approximate surface area is 96.2 Å². The van der Waals surface area contributed by atoms with E-state index in [1.165, 1.54) is 0 Å². The highest BCUT2D eigenvalue weighted by Gasteiger charge is 2.10. The summed E-state index contributed by atoms with van der Waals surface area (Å²) in [5, 5.41) is 0. The average molecular weight is 230 g/mol. The summed E-state index contributed by atoms with van der Waals surface area (Å²) in [5.74, 6) is -0.951. The summed E-state index contributed by atoms with van der Waals surface area (Å²) in [5.41, 5.74) is 1.30. The first-order valence-electron chi connectivity index (χ1n) is 5.13. The topological polar surface area (TPSA) is 17.3 Å². The third kappa shape index (κ3) is 1.67. The van der Waals surface area contributed by atoms with E-state index in [0.29, 0.717) is 11.3 Å². The van der Waals surface area contributed by atoms with Crippen LogP contribution in [0.15, 0.2) is 48.8 Å². The second-order valence-corrected chi connectivity index (χ2v) is 3.72. The van der Waals surface area contributed by atoms with Crippen LogP contribution in [-0.4, -0.2) is 9.38 Å². The molecule has 2 aromatic heterocycles. The predicted molar refractivity (Wildman–Crippen MR) is 60.5 cm³/mol. The maximum atomic E-state index is 13.6. The summed E-state index contributed by atoms with van der Waals surface area (Å²) < 4.78 is 28.4. The summed E-state index contributed by atoms with van der Waals surface area (Å²) in [7, 11) is 0. The molecule has 1 aromatic carbocycles. The molecule has 0 unspecified atom stereocenters. The van der Waals surface area contributed by atoms with Gasteiger partial charge in [-0.25, -0.2) is 13.8 Å². The third-order valence-corrected chi connectivity index (χ3v) is 2.57. The molecule has 0 radical (unpaired) electrons. The molecule has 0 spiro atoms. The summed E-state index contributed by atoms with van der Waals surface area (Å²) in [6.07, 6.45) is 3.48. The van der Waals surface area contributed by atoms with Gasteiger partial charge in [-0.05, 0) is 30.3 Å². The Balaban J connectivity index is 2.23. The Morgan fingerprint density at radius 3 is 2.76 bits per heavy atom. The fraction of sp³-hybridized carbons (Fsp3) is 0. The first kappa shape index (κ1) is 9.96. The Morgan fingerprint density at radius 1 is 1.06 bits per heavy atom. The van der Waals surface area contributed by atoms with E-state index >= 15 is 0 Å². The van der Waals surface area contributed by atoms with Gasteiger partial charge in [-0.2, -0.15) is 0 Å². The average Bonchev–Trinajstić information content (AvgIpc) is 2.75. The maximum absolute atomic E-state index is 13.6. The molecular weight excluding hydrogens is 222 g/mol. The zero-order valence-corrected chi connectivity index (χ0v) is 8.77. The van der Waals surface area contributed by atoms with Crippen LogP contribution in [0.1, 0.15) is 0 Å². The van der Waals surface area contributed by atoms with Gasteiger partial charge in [0, 0.05) is 18.0 Å². The van der Waals surface area contributed by atoms with Crippen LogP contribution in [0.5, 0.6) is 0 Å². The van der Waals surface area contributed by atoms with Crippen LogP contribution in [0.25, 0.3) is 16.9 Å². The van der Waals surface area contributed by atoms with Gasteiger partial charge in [-0.1, -0.05) is 6.07 Å². The lowest BCUT2D eigenvalue weighted by Gasteiger charge is -1.98. The lowest BCUT2D eigenvalue weighted by Crippen LogP contribution is -1.86. The van der Waals surface area contributed by atoms with Crippen molar-refractivity contribution in [1.29, 1.82) is 0 Å². The standard InChI is InChI=1S/C13H8F2N2/c14-9-4-5-11(15)10(7-9)12-8-17-6-2-1-3-13(17)16-12/h1-8H. The molecule has 0 saturated heterocycles. The molecule has 4 heteroatoms. The van der Waals surface area contributed by atoms with Crippen molar-refractivity contribution in [1.82, 2.24) is 9.38 Å². The van der Waals surface area contributed by atoms with E-state index in [1.807, 2.05) is 18.3 Å². The molecule has 2 nitrogen and oxygen atoms in total. The van der Waals surface area contributed by atoms with E-state index in [9.17, 15) is 8.78 Å². The number of aromatic nitrogens is 2. The number of halogens is 2. The minimum atomic E-state index is -0.477. The normalized spacial score (nSPS) is 10.9. The highest BCUT2D eigenvalue weighted by Crippen LogP contribution is 2.23. The second-order valence-electron chi connectivity index (χ2n) is 3.72. The van der Waals surface area contributed by atoms with Crippen LogP contribution in [0.4, 0.5) is 8.78 Å². The molecule has 17 heavy (non-hydrogen) atoms. The monoisotopic (exact) mass is 230 g/mol. The van der Waals surface area contributed by atoms with E-state index in [1.54, 1.807) is 16.7 Å². The van der Waals surface area contributed by atoms with Crippen LogP contribution in [-0.2, 0) is 0 Å². The Bertz CT molecular complexity index is 656. The molecule has 2 heterocycles. The molecule has 0 aliphatic rings. The minimum absolute atomic E-state index is 0.175. The fourth-order valence-corrected chi connectivity index (χ4v) is 1.76. The molecule has 0 fully saturated rings. The van der Waals surface area contributed by atoms with Crippen LogP contribution < -0.4 is 0 Å². The van der Waals surface area contributed by atoms with Gasteiger partial charge >= 0.3 is 0 Å². The zero-order valence-electron chi connectivity index (χ0n) is 8.77. The SMILES string of the molecule is Fc1ccc(F)c(-c2cn3ccccc3n2)c1. The van der Waals surface area contributed by atoms with Gasteiger partial charge in [-0.15, -0.1) is 0 Å². The first-order valence-corrected chi connectivity index (χ1v) is 5.13. The third-order valence-electron chi connectivity index (χ3n) is 2.57. The summed E-state index contributed by atoms with van der Waals surface area (Å²) in [6, 6.07) is 8.84. The molecule has 3 aromatic rings. The van der Waals surface area contributed by atoms with Gasteiger partial charge in [0.25, 0.3) is 0 Å². The van der Waals surface area contributed by atoms with E-state index in [0.717, 1.165) is 18.2 Å². The number of hydrogen-bond acceptors (Lipinski definition) is 1. The molecule has 0 amide bonds. The molecule has 0 bridgehead atoms. The number of imidazole rings is 1.